The molecular formula is C16H16O4. The molecule has 0 amide bonds. The third kappa shape index (κ3) is 2.96. The summed E-state index contributed by atoms with van der Waals surface area (Å²) < 4.78 is 16.2. The summed E-state index contributed by atoms with van der Waals surface area (Å²) in [5, 5.41) is 9.33. The van der Waals surface area contributed by atoms with E-state index in [0.29, 0.717) is 19.1 Å². The molecule has 4 heteroatoms. The van der Waals surface area contributed by atoms with Gasteiger partial charge in [-0.25, -0.2) is 0 Å². The van der Waals surface area contributed by atoms with Crippen LogP contribution >= 0.6 is 0 Å². The summed E-state index contributed by atoms with van der Waals surface area (Å²) >= 11 is 0. The van der Waals surface area contributed by atoms with Crippen molar-refractivity contribution >= 4 is 0 Å². The SMILES string of the molecule is Oc1cccc(OCCCc2ccc3c(c2)OCO3)c1. The predicted octanol–water partition coefficient (Wildman–Crippen LogP) is 3.13. The van der Waals surface area contributed by atoms with Crippen molar-refractivity contribution in [1.82, 2.24) is 0 Å². The van der Waals surface area contributed by atoms with Gasteiger partial charge in [0.2, 0.25) is 6.79 Å². The van der Waals surface area contributed by atoms with Crippen LogP contribution in [0.25, 0.3) is 0 Å². The second kappa shape index (κ2) is 5.74. The van der Waals surface area contributed by atoms with Gasteiger partial charge < -0.3 is 19.3 Å². The van der Waals surface area contributed by atoms with E-state index in [2.05, 4.69) is 0 Å². The fourth-order valence-corrected chi connectivity index (χ4v) is 2.14. The van der Waals surface area contributed by atoms with Crippen LogP contribution in [0.4, 0.5) is 0 Å². The van der Waals surface area contributed by atoms with Gasteiger partial charge in [0.25, 0.3) is 0 Å². The first-order valence-corrected chi connectivity index (χ1v) is 6.61. The first-order valence-electron chi connectivity index (χ1n) is 6.61. The van der Waals surface area contributed by atoms with Gasteiger partial charge in [0, 0.05) is 6.07 Å². The zero-order chi connectivity index (χ0) is 13.8. The number of rotatable bonds is 5. The molecule has 0 aromatic heterocycles. The minimum absolute atomic E-state index is 0.221. The lowest BCUT2D eigenvalue weighted by Crippen LogP contribution is -1.99. The Labute approximate surface area is 117 Å². The molecule has 0 aliphatic carbocycles. The number of aromatic hydroxyl groups is 1. The first kappa shape index (κ1) is 12.7. The van der Waals surface area contributed by atoms with Gasteiger partial charge in [0.1, 0.15) is 11.5 Å². The molecule has 0 atom stereocenters. The third-order valence-electron chi connectivity index (χ3n) is 3.13. The van der Waals surface area contributed by atoms with Gasteiger partial charge in [-0.05, 0) is 42.7 Å². The van der Waals surface area contributed by atoms with Crippen molar-refractivity contribution in [3.8, 4) is 23.0 Å². The minimum atomic E-state index is 0.221. The highest BCUT2D eigenvalue weighted by Gasteiger charge is 2.12. The largest absolute Gasteiger partial charge is 0.508 e. The molecule has 3 rings (SSSR count). The zero-order valence-electron chi connectivity index (χ0n) is 11.0. The zero-order valence-corrected chi connectivity index (χ0v) is 11.0. The Bertz CT molecular complexity index is 595. The molecule has 104 valence electrons. The molecule has 0 unspecified atom stereocenters. The van der Waals surface area contributed by atoms with Crippen molar-refractivity contribution in [2.45, 2.75) is 12.8 Å². The Morgan fingerprint density at radius 1 is 1.05 bits per heavy atom. The fourth-order valence-electron chi connectivity index (χ4n) is 2.14. The molecule has 1 aliphatic rings. The predicted molar refractivity (Wildman–Crippen MR) is 74.5 cm³/mol. The molecule has 1 heterocycles. The number of aryl methyl sites for hydroxylation is 1. The van der Waals surface area contributed by atoms with Crippen molar-refractivity contribution < 1.29 is 19.3 Å². The average molecular weight is 272 g/mol. The van der Waals surface area contributed by atoms with Crippen LogP contribution in [-0.4, -0.2) is 18.5 Å². The molecule has 0 bridgehead atoms. The Morgan fingerprint density at radius 3 is 2.85 bits per heavy atom. The molecule has 0 saturated heterocycles. The van der Waals surface area contributed by atoms with Crippen molar-refractivity contribution in [2.24, 2.45) is 0 Å². The van der Waals surface area contributed by atoms with E-state index >= 15 is 0 Å². The molecule has 1 aliphatic heterocycles. The van der Waals surface area contributed by atoms with E-state index in [-0.39, 0.29) is 5.75 Å². The second-order valence-corrected chi connectivity index (χ2v) is 4.64. The van der Waals surface area contributed by atoms with Crippen LogP contribution in [0.15, 0.2) is 42.5 Å². The lowest BCUT2D eigenvalue weighted by molar-refractivity contribution is 0.174. The molecule has 1 N–H and O–H groups in total. The second-order valence-electron chi connectivity index (χ2n) is 4.64. The van der Waals surface area contributed by atoms with Gasteiger partial charge in [0.05, 0.1) is 6.61 Å². The smallest absolute Gasteiger partial charge is 0.231 e. The summed E-state index contributed by atoms with van der Waals surface area (Å²) in [5.41, 5.74) is 1.20. The molecule has 2 aromatic rings. The number of phenolic OH excluding ortho intramolecular Hbond substituents is 1. The highest BCUT2D eigenvalue weighted by atomic mass is 16.7. The summed E-state index contributed by atoms with van der Waals surface area (Å²) in [4.78, 5) is 0. The van der Waals surface area contributed by atoms with E-state index in [1.54, 1.807) is 18.2 Å². The Balaban J connectivity index is 1.48. The van der Waals surface area contributed by atoms with Crippen molar-refractivity contribution in [3.63, 3.8) is 0 Å². The molecule has 0 radical (unpaired) electrons. The number of phenols is 1. The van der Waals surface area contributed by atoms with E-state index in [1.165, 1.54) is 5.56 Å². The number of hydrogen-bond donors (Lipinski definition) is 1. The number of ether oxygens (including phenoxy) is 3. The molecule has 4 nitrogen and oxygen atoms in total. The fraction of sp³-hybridized carbons (Fsp3) is 0.250. The van der Waals surface area contributed by atoms with Crippen LogP contribution in [0.2, 0.25) is 0 Å². The van der Waals surface area contributed by atoms with Crippen LogP contribution < -0.4 is 14.2 Å². The maximum Gasteiger partial charge on any atom is 0.231 e. The summed E-state index contributed by atoms with van der Waals surface area (Å²) in [6.07, 6.45) is 1.81. The van der Waals surface area contributed by atoms with E-state index in [9.17, 15) is 5.11 Å². The molecule has 0 spiro atoms. The third-order valence-corrected chi connectivity index (χ3v) is 3.13. The summed E-state index contributed by atoms with van der Waals surface area (Å²) in [6, 6.07) is 12.8. The van der Waals surface area contributed by atoms with Gasteiger partial charge in [-0.3, -0.25) is 0 Å². The Hall–Kier alpha value is -2.36. The van der Waals surface area contributed by atoms with E-state index in [0.717, 1.165) is 24.3 Å². The summed E-state index contributed by atoms with van der Waals surface area (Å²) in [7, 11) is 0. The number of benzene rings is 2. The lowest BCUT2D eigenvalue weighted by atomic mass is 10.1. The van der Waals surface area contributed by atoms with Crippen LogP contribution in [0.1, 0.15) is 12.0 Å². The minimum Gasteiger partial charge on any atom is -0.508 e. The first-order chi connectivity index (χ1) is 9.81. The lowest BCUT2D eigenvalue weighted by Gasteiger charge is -2.07. The van der Waals surface area contributed by atoms with Crippen molar-refractivity contribution in [2.75, 3.05) is 13.4 Å². The Kier molecular flexibility index (Phi) is 3.63. The molecule has 20 heavy (non-hydrogen) atoms. The van der Waals surface area contributed by atoms with Crippen LogP contribution in [0.5, 0.6) is 23.0 Å². The van der Waals surface area contributed by atoms with Gasteiger partial charge in [-0.15, -0.1) is 0 Å². The highest BCUT2D eigenvalue weighted by Crippen LogP contribution is 2.32. The topological polar surface area (TPSA) is 47.9 Å². The molecule has 2 aromatic carbocycles. The van der Waals surface area contributed by atoms with Gasteiger partial charge in [-0.1, -0.05) is 12.1 Å². The normalized spacial score (nSPS) is 12.4. The van der Waals surface area contributed by atoms with Gasteiger partial charge in [-0.2, -0.15) is 0 Å². The van der Waals surface area contributed by atoms with Crippen LogP contribution in [0, 0.1) is 0 Å². The Morgan fingerprint density at radius 2 is 1.95 bits per heavy atom. The van der Waals surface area contributed by atoms with E-state index in [4.69, 9.17) is 14.2 Å². The van der Waals surface area contributed by atoms with Crippen molar-refractivity contribution in [3.05, 3.63) is 48.0 Å². The number of hydrogen-bond acceptors (Lipinski definition) is 4. The maximum atomic E-state index is 9.33. The average Bonchev–Trinajstić information content (AvgIpc) is 2.91. The maximum absolute atomic E-state index is 9.33. The molecular weight excluding hydrogens is 256 g/mol. The standard InChI is InChI=1S/C16H16O4/c17-13-4-1-5-14(10-13)18-8-2-3-12-6-7-15-16(9-12)20-11-19-15/h1,4-7,9-10,17H,2-3,8,11H2. The van der Waals surface area contributed by atoms with Crippen LogP contribution in [-0.2, 0) is 6.42 Å². The quantitative estimate of drug-likeness (QED) is 0.849. The summed E-state index contributed by atoms with van der Waals surface area (Å²) in [5.74, 6) is 2.54. The number of fused-ring (bicyclic) bond motifs is 1. The highest BCUT2D eigenvalue weighted by molar-refractivity contribution is 5.44. The van der Waals surface area contributed by atoms with Gasteiger partial charge >= 0.3 is 0 Å². The monoisotopic (exact) mass is 272 g/mol. The van der Waals surface area contributed by atoms with Gasteiger partial charge in [0.15, 0.2) is 11.5 Å². The molecule has 0 saturated carbocycles. The summed E-state index contributed by atoms with van der Waals surface area (Å²) in [6.45, 7) is 0.914. The van der Waals surface area contributed by atoms with Crippen molar-refractivity contribution in [1.29, 1.82) is 0 Å². The van der Waals surface area contributed by atoms with Crippen LogP contribution in [0.3, 0.4) is 0 Å². The molecule has 0 fully saturated rings. The van der Waals surface area contributed by atoms with E-state index < -0.39 is 0 Å². The van der Waals surface area contributed by atoms with E-state index in [1.807, 2.05) is 24.3 Å².